The molecule has 0 N–H and O–H groups in total. The van der Waals surface area contributed by atoms with E-state index in [4.69, 9.17) is 28.4 Å². The number of fused-ring (bicyclic) bond motifs is 9. The number of benzene rings is 8. The van der Waals surface area contributed by atoms with E-state index in [1.807, 2.05) is 24.3 Å². The molecule has 8 aromatic rings. The molecule has 0 radical (unpaired) electrons. The third kappa shape index (κ3) is 2.99. The quantitative estimate of drug-likeness (QED) is 0.145. The molecule has 0 fully saturated rings. The molecule has 0 saturated carbocycles. The van der Waals surface area contributed by atoms with Crippen molar-refractivity contribution in [2.24, 2.45) is 0 Å². The summed E-state index contributed by atoms with van der Waals surface area (Å²) in [5, 5.41) is 2.24. The average Bonchev–Trinajstić information content (AvgIpc) is 3.23. The van der Waals surface area contributed by atoms with Gasteiger partial charge < -0.3 is 0 Å². The van der Waals surface area contributed by atoms with E-state index >= 15 is 0 Å². The third-order valence-corrected chi connectivity index (χ3v) is 27.2. The Bertz CT molecular complexity index is 3110. The Labute approximate surface area is 326 Å². The van der Waals surface area contributed by atoms with Crippen LogP contribution in [0.1, 0.15) is 0 Å². The van der Waals surface area contributed by atoms with Crippen LogP contribution in [0, 0.1) is 0 Å². The van der Waals surface area contributed by atoms with Gasteiger partial charge in [-0.1, -0.05) is 0 Å². The number of hydrogen-bond donors (Lipinski definition) is 0. The van der Waals surface area contributed by atoms with Crippen LogP contribution in [-0.4, -0.2) is 28.7 Å². The fraction of sp³-hybridized carbons (Fsp3) is 0. The second-order valence-electron chi connectivity index (χ2n) is 15.4. The molecule has 8 aliphatic heterocycles. The van der Waals surface area contributed by atoms with Crippen molar-refractivity contribution in [2.75, 3.05) is 9.80 Å². The molecule has 56 heavy (non-hydrogen) atoms. The molecule has 8 aromatic carbocycles. The molecule has 8 heterocycles. The number of nitrogens with zero attached hydrogens (tertiary/aromatic N) is 2. The Kier molecular flexibility index (Phi) is 4.56. The molecular weight excluding hydrogens is 822 g/mol. The van der Waals surface area contributed by atoms with Crippen molar-refractivity contribution in [2.45, 2.75) is 0 Å². The summed E-state index contributed by atoms with van der Waals surface area (Å²) in [7, 11) is 0. The van der Waals surface area contributed by atoms with Crippen LogP contribution >= 0.6 is 0 Å². The number of hydrogen-bond acceptors (Lipinski definition) is 8. The number of para-hydroxylation sites is 4. The molecule has 0 bridgehead atoms. The van der Waals surface area contributed by atoms with Crippen molar-refractivity contribution in [1.82, 2.24) is 0 Å². The van der Waals surface area contributed by atoms with Gasteiger partial charge in [-0.2, -0.15) is 0 Å². The Morgan fingerprint density at radius 3 is 1.09 bits per heavy atom. The van der Waals surface area contributed by atoms with Gasteiger partial charge in [0.05, 0.1) is 0 Å². The summed E-state index contributed by atoms with van der Waals surface area (Å²) < 4.78 is 48.9. The van der Waals surface area contributed by atoms with Gasteiger partial charge in [0.2, 0.25) is 0 Å². The van der Waals surface area contributed by atoms with Gasteiger partial charge in [-0.05, 0) is 0 Å². The first-order chi connectivity index (χ1) is 27.8. The molecule has 10 heteroatoms. The third-order valence-electron chi connectivity index (χ3n) is 12.9. The SMILES string of the molecule is c1ccc2c(c1)Oc1ccc3[c]4c1N2c1[c]2c(cc5c6[c]7c(cc15)Oc1cccc5[c]1[GeH]7[c]1c(ccc7c1N6c1ccccc1O7)O5)Oc1cccc([c]1[GeH]42)O3. The van der Waals surface area contributed by atoms with Crippen LogP contribution in [0.5, 0.6) is 69.0 Å². The molecule has 0 aliphatic carbocycles. The molecule has 0 saturated heterocycles. The Hall–Kier alpha value is -6.49. The van der Waals surface area contributed by atoms with Crippen molar-refractivity contribution in [3.05, 3.63) is 121 Å². The summed E-state index contributed by atoms with van der Waals surface area (Å²) in [5.41, 5.74) is 6.44. The summed E-state index contributed by atoms with van der Waals surface area (Å²) in [6, 6.07) is 42.3. The number of rotatable bonds is 0. The van der Waals surface area contributed by atoms with Crippen LogP contribution in [0.15, 0.2) is 121 Å². The molecule has 0 aromatic heterocycles. The zero-order valence-corrected chi connectivity index (χ0v) is 33.9. The molecule has 2 atom stereocenters. The fourth-order valence-corrected chi connectivity index (χ4v) is 26.5. The van der Waals surface area contributed by atoms with E-state index in [1.165, 1.54) is 26.4 Å². The average molecular weight is 844 g/mol. The van der Waals surface area contributed by atoms with Gasteiger partial charge in [-0.3, -0.25) is 0 Å². The summed E-state index contributed by atoms with van der Waals surface area (Å²) >= 11 is -5.79. The van der Waals surface area contributed by atoms with Crippen molar-refractivity contribution < 1.29 is 28.4 Å². The molecule has 2 unspecified atom stereocenters. The number of anilines is 6. The monoisotopic (exact) mass is 846 g/mol. The van der Waals surface area contributed by atoms with Gasteiger partial charge in [0.25, 0.3) is 0 Å². The maximum atomic E-state index is 7.13. The zero-order valence-electron chi connectivity index (χ0n) is 29.0. The molecule has 8 aliphatic rings. The van der Waals surface area contributed by atoms with Crippen molar-refractivity contribution in [3.63, 3.8) is 0 Å². The fourth-order valence-electron chi connectivity index (χ4n) is 10.9. The van der Waals surface area contributed by atoms with Crippen molar-refractivity contribution in [1.29, 1.82) is 0 Å². The van der Waals surface area contributed by atoms with Crippen LogP contribution < -0.4 is 64.6 Å². The van der Waals surface area contributed by atoms with Crippen LogP contribution in [0.3, 0.4) is 0 Å². The first kappa shape index (κ1) is 28.0. The maximum absolute atomic E-state index is 7.13. The van der Waals surface area contributed by atoms with Crippen LogP contribution in [0.25, 0.3) is 10.8 Å². The van der Waals surface area contributed by atoms with Gasteiger partial charge in [0, 0.05) is 0 Å². The van der Waals surface area contributed by atoms with E-state index in [9.17, 15) is 0 Å². The minimum absolute atomic E-state index is 0.814. The molecule has 0 amide bonds. The second-order valence-corrected chi connectivity index (χ2v) is 26.3. The van der Waals surface area contributed by atoms with Crippen LogP contribution in [-0.2, 0) is 0 Å². The van der Waals surface area contributed by atoms with Gasteiger partial charge in [0.1, 0.15) is 0 Å². The van der Waals surface area contributed by atoms with Crippen LogP contribution in [0.2, 0.25) is 0 Å². The van der Waals surface area contributed by atoms with Gasteiger partial charge >= 0.3 is 329 Å². The predicted octanol–water partition coefficient (Wildman–Crippen LogP) is 7.54. The normalized spacial score (nSPS) is 18.1. The van der Waals surface area contributed by atoms with E-state index in [-0.39, 0.29) is 0 Å². The zero-order chi connectivity index (χ0) is 35.7. The topological polar surface area (TPSA) is 61.9 Å². The summed E-state index contributed by atoms with van der Waals surface area (Å²) in [6.45, 7) is 0. The van der Waals surface area contributed by atoms with Crippen molar-refractivity contribution >= 4 is 100.0 Å². The molecular formula is C46H22Ge2N2O6. The Morgan fingerprint density at radius 1 is 0.286 bits per heavy atom. The minimum atomic E-state index is -2.89. The first-order valence-corrected chi connectivity index (χ1v) is 26.2. The first-order valence-electron chi connectivity index (χ1n) is 18.9. The van der Waals surface area contributed by atoms with Gasteiger partial charge in [-0.15, -0.1) is 0 Å². The molecule has 16 rings (SSSR count). The Morgan fingerprint density at radius 2 is 0.625 bits per heavy atom. The molecule has 8 nitrogen and oxygen atoms in total. The van der Waals surface area contributed by atoms with E-state index in [0.29, 0.717) is 0 Å². The van der Waals surface area contributed by atoms with Crippen LogP contribution in [0.4, 0.5) is 34.1 Å². The van der Waals surface area contributed by atoms with Gasteiger partial charge in [0.15, 0.2) is 0 Å². The standard InChI is InChI=1S/C46H22Ge2N2O6/c1-3-9-25-23(7-1)49-43-21-19-36-42-44(22(21)20-35-41(43)47-37-27(11-5-13-29(37)55-35)53-31-15-17-33(51-25)45(49)39(31)47)50-24-8-2-4-10-26(24)52-34-18-16-32-40(46(34)50)48(42)38-28(54-32)12-6-14-30(38)56-36/h1-20,47-48H. The molecule has 0 spiro atoms. The number of ether oxygens (including phenoxy) is 6. The predicted molar refractivity (Wildman–Crippen MR) is 219 cm³/mol. The summed E-state index contributed by atoms with van der Waals surface area (Å²) in [6.07, 6.45) is 0. The molecule has 260 valence electrons. The Balaban J connectivity index is 1.11. The summed E-state index contributed by atoms with van der Waals surface area (Å²) in [5.74, 6) is 10.6. The van der Waals surface area contributed by atoms with E-state index in [0.717, 1.165) is 114 Å². The van der Waals surface area contributed by atoms with Crippen molar-refractivity contribution in [3.8, 4) is 69.0 Å². The summed E-state index contributed by atoms with van der Waals surface area (Å²) in [4.78, 5) is 4.89. The second kappa shape index (κ2) is 9.13. The van der Waals surface area contributed by atoms with E-state index in [2.05, 4.69) is 107 Å². The van der Waals surface area contributed by atoms with Gasteiger partial charge in [-0.25, -0.2) is 0 Å². The van der Waals surface area contributed by atoms with E-state index in [1.54, 1.807) is 0 Å². The van der Waals surface area contributed by atoms with E-state index < -0.39 is 28.7 Å².